The Labute approximate surface area is 142 Å². The molecule has 126 valence electrons. The van der Waals surface area contributed by atoms with E-state index in [2.05, 4.69) is 16.2 Å². The Morgan fingerprint density at radius 2 is 1.88 bits per heavy atom. The van der Waals surface area contributed by atoms with E-state index in [1.165, 1.54) is 5.56 Å². The van der Waals surface area contributed by atoms with Crippen molar-refractivity contribution >= 4 is 5.91 Å². The molecule has 3 heterocycles. The summed E-state index contributed by atoms with van der Waals surface area (Å²) in [4.78, 5) is 17.1. The number of piperidine rings is 1. The number of hydrogen-bond donors (Lipinski definition) is 0. The van der Waals surface area contributed by atoms with Gasteiger partial charge in [0.1, 0.15) is 5.54 Å². The largest absolute Gasteiger partial charge is 0.344 e. The Morgan fingerprint density at radius 1 is 1.12 bits per heavy atom. The molecule has 1 spiro atoms. The summed E-state index contributed by atoms with van der Waals surface area (Å²) < 4.78 is 1.91. The lowest BCUT2D eigenvalue weighted by Gasteiger charge is -2.43. The molecule has 0 aliphatic carbocycles. The maximum atomic E-state index is 12.8. The molecular weight excluding hydrogens is 300 g/mol. The fourth-order valence-electron chi connectivity index (χ4n) is 4.25. The van der Waals surface area contributed by atoms with Crippen molar-refractivity contribution in [3.63, 3.8) is 0 Å². The van der Waals surface area contributed by atoms with E-state index in [-0.39, 0.29) is 5.54 Å². The summed E-state index contributed by atoms with van der Waals surface area (Å²) in [5, 5.41) is 4.49. The van der Waals surface area contributed by atoms with Crippen LogP contribution < -0.4 is 0 Å². The van der Waals surface area contributed by atoms with E-state index in [0.29, 0.717) is 5.91 Å². The molecule has 0 radical (unpaired) electrons. The molecular formula is C19H24N4O. The Hall–Kier alpha value is -2.14. The number of carbonyl (C=O) groups is 1. The maximum Gasteiger partial charge on any atom is 0.242 e. The predicted molar refractivity (Wildman–Crippen MR) is 92.8 cm³/mol. The molecule has 0 saturated carbocycles. The van der Waals surface area contributed by atoms with Crippen molar-refractivity contribution in [2.75, 3.05) is 20.1 Å². The lowest BCUT2D eigenvalue weighted by molar-refractivity contribution is -0.146. The first-order valence-electron chi connectivity index (χ1n) is 8.79. The zero-order valence-corrected chi connectivity index (χ0v) is 14.2. The van der Waals surface area contributed by atoms with Gasteiger partial charge in [0.2, 0.25) is 5.91 Å². The van der Waals surface area contributed by atoms with Gasteiger partial charge in [0.25, 0.3) is 0 Å². The van der Waals surface area contributed by atoms with Gasteiger partial charge in [-0.25, -0.2) is 4.68 Å². The highest BCUT2D eigenvalue weighted by molar-refractivity contribution is 5.87. The van der Waals surface area contributed by atoms with Crippen LogP contribution in [0.4, 0.5) is 0 Å². The Kier molecular flexibility index (Phi) is 3.88. The van der Waals surface area contributed by atoms with Gasteiger partial charge in [-0.05, 0) is 44.4 Å². The average molecular weight is 324 g/mol. The van der Waals surface area contributed by atoms with Crippen LogP contribution in [-0.2, 0) is 11.3 Å². The van der Waals surface area contributed by atoms with Crippen LogP contribution in [-0.4, -0.2) is 51.2 Å². The second kappa shape index (κ2) is 6.06. The molecule has 1 unspecified atom stereocenters. The molecule has 2 fully saturated rings. The standard InChI is InChI=1S/C19H24N4O/c1-21-11-5-9-19(18(21)24)10-6-12-22(19)14-16-13-20-23(15-16)17-7-3-2-4-8-17/h2-4,7-8,13,15H,5-6,9-12,14H2,1H3. The average Bonchev–Trinajstić information content (AvgIpc) is 3.22. The SMILES string of the molecule is CN1CCCC2(CCCN2Cc2cnn(-c3ccccc3)c2)C1=O. The van der Waals surface area contributed by atoms with Crippen LogP contribution in [0.5, 0.6) is 0 Å². The smallest absolute Gasteiger partial charge is 0.242 e. The van der Waals surface area contributed by atoms with Gasteiger partial charge in [0.05, 0.1) is 11.9 Å². The van der Waals surface area contributed by atoms with E-state index in [9.17, 15) is 4.79 Å². The van der Waals surface area contributed by atoms with Gasteiger partial charge >= 0.3 is 0 Å². The van der Waals surface area contributed by atoms with E-state index in [1.807, 2.05) is 53.2 Å². The molecule has 1 aromatic carbocycles. The second-order valence-corrected chi connectivity index (χ2v) is 7.02. The molecule has 0 N–H and O–H groups in total. The highest BCUT2D eigenvalue weighted by Crippen LogP contribution is 2.38. The summed E-state index contributed by atoms with van der Waals surface area (Å²) in [6, 6.07) is 10.1. The fourth-order valence-corrected chi connectivity index (χ4v) is 4.25. The number of para-hydroxylation sites is 1. The minimum Gasteiger partial charge on any atom is -0.344 e. The van der Waals surface area contributed by atoms with Crippen LogP contribution in [0.15, 0.2) is 42.7 Å². The number of rotatable bonds is 3. The minimum absolute atomic E-state index is 0.276. The summed E-state index contributed by atoms with van der Waals surface area (Å²) in [5.41, 5.74) is 1.96. The van der Waals surface area contributed by atoms with Gasteiger partial charge in [-0.15, -0.1) is 0 Å². The summed E-state index contributed by atoms with van der Waals surface area (Å²) >= 11 is 0. The molecule has 5 nitrogen and oxygen atoms in total. The third kappa shape index (κ3) is 2.53. The predicted octanol–water partition coefficient (Wildman–Crippen LogP) is 2.46. The minimum atomic E-state index is -0.276. The Bertz CT molecular complexity index is 726. The van der Waals surface area contributed by atoms with Crippen LogP contribution in [0.2, 0.25) is 0 Å². The quantitative estimate of drug-likeness (QED) is 0.871. The lowest BCUT2D eigenvalue weighted by Crippen LogP contribution is -2.58. The molecule has 1 amide bonds. The summed E-state index contributed by atoms with van der Waals surface area (Å²) in [7, 11) is 1.94. The zero-order chi connectivity index (χ0) is 16.6. The van der Waals surface area contributed by atoms with Crippen molar-refractivity contribution < 1.29 is 4.79 Å². The Balaban J connectivity index is 1.55. The number of likely N-dealkylation sites (N-methyl/N-ethyl adjacent to an activating group) is 1. The molecule has 2 aromatic rings. The third-order valence-corrected chi connectivity index (χ3v) is 5.48. The number of nitrogens with zero attached hydrogens (tertiary/aromatic N) is 4. The van der Waals surface area contributed by atoms with E-state index in [1.54, 1.807) is 0 Å². The van der Waals surface area contributed by atoms with Gasteiger partial charge in [0, 0.05) is 31.9 Å². The van der Waals surface area contributed by atoms with Crippen LogP contribution in [0, 0.1) is 0 Å². The monoisotopic (exact) mass is 324 g/mol. The zero-order valence-electron chi connectivity index (χ0n) is 14.2. The number of carbonyl (C=O) groups excluding carboxylic acids is 1. The second-order valence-electron chi connectivity index (χ2n) is 7.02. The first-order chi connectivity index (χ1) is 11.7. The van der Waals surface area contributed by atoms with E-state index in [0.717, 1.165) is 51.0 Å². The highest BCUT2D eigenvalue weighted by atomic mass is 16.2. The van der Waals surface area contributed by atoms with Crippen LogP contribution in [0.3, 0.4) is 0 Å². The van der Waals surface area contributed by atoms with Crippen molar-refractivity contribution in [2.24, 2.45) is 0 Å². The van der Waals surface area contributed by atoms with Crippen molar-refractivity contribution in [1.82, 2.24) is 19.6 Å². The van der Waals surface area contributed by atoms with Crippen molar-refractivity contribution in [3.05, 3.63) is 48.3 Å². The van der Waals surface area contributed by atoms with Crippen molar-refractivity contribution in [1.29, 1.82) is 0 Å². The number of amides is 1. The van der Waals surface area contributed by atoms with Gasteiger partial charge < -0.3 is 4.90 Å². The summed E-state index contributed by atoms with van der Waals surface area (Å²) in [6.45, 7) is 2.68. The van der Waals surface area contributed by atoms with Crippen LogP contribution >= 0.6 is 0 Å². The number of likely N-dealkylation sites (tertiary alicyclic amines) is 2. The molecule has 1 aromatic heterocycles. The summed E-state index contributed by atoms with van der Waals surface area (Å²) in [6.07, 6.45) is 8.19. The third-order valence-electron chi connectivity index (χ3n) is 5.48. The molecule has 2 aliphatic heterocycles. The molecule has 5 heteroatoms. The number of hydrogen-bond acceptors (Lipinski definition) is 3. The van der Waals surface area contributed by atoms with Gasteiger partial charge in [-0.1, -0.05) is 18.2 Å². The number of benzene rings is 1. The number of aromatic nitrogens is 2. The molecule has 1 atom stereocenters. The molecule has 24 heavy (non-hydrogen) atoms. The van der Waals surface area contributed by atoms with Crippen LogP contribution in [0.1, 0.15) is 31.2 Å². The first-order valence-corrected chi connectivity index (χ1v) is 8.79. The maximum absolute atomic E-state index is 12.8. The molecule has 2 aliphatic rings. The normalized spacial score (nSPS) is 24.9. The van der Waals surface area contributed by atoms with E-state index < -0.39 is 0 Å². The van der Waals surface area contributed by atoms with E-state index >= 15 is 0 Å². The van der Waals surface area contributed by atoms with Crippen molar-refractivity contribution in [2.45, 2.75) is 37.8 Å². The van der Waals surface area contributed by atoms with Crippen molar-refractivity contribution in [3.8, 4) is 5.69 Å². The van der Waals surface area contributed by atoms with Gasteiger partial charge in [0.15, 0.2) is 0 Å². The molecule has 4 rings (SSSR count). The molecule has 0 bridgehead atoms. The van der Waals surface area contributed by atoms with Gasteiger partial charge in [-0.2, -0.15) is 5.10 Å². The van der Waals surface area contributed by atoms with Gasteiger partial charge in [-0.3, -0.25) is 9.69 Å². The molecule has 2 saturated heterocycles. The van der Waals surface area contributed by atoms with E-state index in [4.69, 9.17) is 0 Å². The summed E-state index contributed by atoms with van der Waals surface area (Å²) in [5.74, 6) is 0.307. The highest BCUT2D eigenvalue weighted by Gasteiger charge is 2.49. The Morgan fingerprint density at radius 3 is 2.67 bits per heavy atom. The first kappa shape index (κ1) is 15.4. The lowest BCUT2D eigenvalue weighted by atomic mass is 9.85. The van der Waals surface area contributed by atoms with Crippen LogP contribution in [0.25, 0.3) is 5.69 Å². The topological polar surface area (TPSA) is 41.4 Å². The fraction of sp³-hybridized carbons (Fsp3) is 0.474.